The van der Waals surface area contributed by atoms with Crippen molar-refractivity contribution in [3.8, 4) is 5.75 Å². The number of rotatable bonds is 3. The number of esters is 1. The first-order valence-electron chi connectivity index (χ1n) is 5.27. The Morgan fingerprint density at radius 3 is 1.95 bits per heavy atom. The van der Waals surface area contributed by atoms with Crippen molar-refractivity contribution in [1.82, 2.24) is 0 Å². The topological polar surface area (TPSA) is 63.6 Å². The molecule has 0 aliphatic carbocycles. The Morgan fingerprint density at radius 2 is 1.42 bits per heavy atom. The summed E-state index contributed by atoms with van der Waals surface area (Å²) in [5.74, 6) is -1.18. The normalized spacial score (nSPS) is 9.26. The predicted octanol–water partition coefficient (Wildman–Crippen LogP) is 1.42. The molecule has 2 rings (SSSR count). The lowest BCUT2D eigenvalue weighted by molar-refractivity contribution is 0.0696. The highest BCUT2D eigenvalue weighted by molar-refractivity contribution is 5.91. The number of carbonyl (C=O) groups excluding carboxylic acids is 1. The Balaban J connectivity index is 0.00000180. The van der Waals surface area contributed by atoms with Gasteiger partial charge < -0.3 is 9.84 Å². The molecule has 96 valence electrons. The Bertz CT molecular complexity index is 564. The van der Waals surface area contributed by atoms with Crippen LogP contribution in [0, 0.1) is 0 Å². The van der Waals surface area contributed by atoms with Crippen molar-refractivity contribution >= 4 is 29.3 Å². The van der Waals surface area contributed by atoms with Crippen molar-refractivity contribution in [2.75, 3.05) is 0 Å². The van der Waals surface area contributed by atoms with Gasteiger partial charge in [-0.15, -0.1) is 0 Å². The van der Waals surface area contributed by atoms with Crippen molar-refractivity contribution in [2.24, 2.45) is 0 Å². The average Bonchev–Trinajstić information content (AvgIpc) is 2.40. The molecular weight excluding hydrogens is 259 g/mol. The van der Waals surface area contributed by atoms with Crippen LogP contribution in [0.25, 0.3) is 0 Å². The van der Waals surface area contributed by atoms with E-state index < -0.39 is 11.9 Å². The van der Waals surface area contributed by atoms with Gasteiger partial charge in [0.1, 0.15) is 5.75 Å². The smallest absolute Gasteiger partial charge is 0.343 e. The fraction of sp³-hybridized carbons (Fsp3) is 0. The zero-order valence-electron chi connectivity index (χ0n) is 9.37. The van der Waals surface area contributed by atoms with E-state index in [9.17, 15) is 9.59 Å². The summed E-state index contributed by atoms with van der Waals surface area (Å²) in [6, 6.07) is 14.2. The first kappa shape index (κ1) is 15.0. The predicted molar refractivity (Wildman–Crippen MR) is 74.7 cm³/mol. The van der Waals surface area contributed by atoms with E-state index in [1.165, 1.54) is 24.3 Å². The van der Waals surface area contributed by atoms with Crippen LogP contribution in [0.15, 0.2) is 54.6 Å². The lowest BCUT2D eigenvalue weighted by Gasteiger charge is -2.04. The van der Waals surface area contributed by atoms with Gasteiger partial charge >= 0.3 is 11.9 Å². The number of carboxylic acids is 1. The number of hydrogen-bond acceptors (Lipinski definition) is 3. The molecule has 0 heterocycles. The van der Waals surface area contributed by atoms with Crippen LogP contribution in [0.3, 0.4) is 0 Å². The Labute approximate surface area is 120 Å². The van der Waals surface area contributed by atoms with Crippen LogP contribution >= 0.6 is 0 Å². The molecule has 0 aliphatic heterocycles. The molecule has 0 radical (unpaired) electrons. The van der Waals surface area contributed by atoms with E-state index in [-0.39, 0.29) is 22.9 Å². The largest absolute Gasteiger partial charge is 0.478 e. The summed E-state index contributed by atoms with van der Waals surface area (Å²) < 4.78 is 5.10. The number of aromatic carboxylic acids is 1. The SMILES string of the molecule is O=C(O)c1ccc(OC(=O)c2ccccc2)cc1.[AlH3]. The van der Waals surface area contributed by atoms with Crippen LogP contribution < -0.4 is 4.74 Å². The minimum atomic E-state index is -1.02. The minimum absolute atomic E-state index is 0. The molecule has 0 saturated carbocycles. The van der Waals surface area contributed by atoms with Crippen LogP contribution in [0.1, 0.15) is 20.7 Å². The van der Waals surface area contributed by atoms with E-state index in [0.717, 1.165) is 0 Å². The number of carboxylic acid groups (broad SMARTS) is 1. The zero-order valence-corrected chi connectivity index (χ0v) is 9.37. The number of ether oxygens (including phenoxy) is 1. The maximum Gasteiger partial charge on any atom is 0.343 e. The third-order valence-electron chi connectivity index (χ3n) is 2.32. The molecule has 2 aromatic carbocycles. The van der Waals surface area contributed by atoms with Gasteiger partial charge in [0, 0.05) is 0 Å². The van der Waals surface area contributed by atoms with Crippen molar-refractivity contribution in [1.29, 1.82) is 0 Å². The van der Waals surface area contributed by atoms with Crippen molar-refractivity contribution in [2.45, 2.75) is 0 Å². The van der Waals surface area contributed by atoms with Gasteiger partial charge in [-0.25, -0.2) is 9.59 Å². The molecule has 0 bridgehead atoms. The van der Waals surface area contributed by atoms with Crippen molar-refractivity contribution in [3.05, 3.63) is 65.7 Å². The van der Waals surface area contributed by atoms with Crippen molar-refractivity contribution < 1.29 is 19.4 Å². The molecule has 0 aliphatic rings. The quantitative estimate of drug-likeness (QED) is 0.521. The van der Waals surface area contributed by atoms with Gasteiger partial charge in [-0.1, -0.05) is 18.2 Å². The maximum absolute atomic E-state index is 11.7. The van der Waals surface area contributed by atoms with E-state index in [1.807, 2.05) is 0 Å². The summed E-state index contributed by atoms with van der Waals surface area (Å²) in [6.07, 6.45) is 0. The maximum atomic E-state index is 11.7. The molecule has 19 heavy (non-hydrogen) atoms. The summed E-state index contributed by atoms with van der Waals surface area (Å²) >= 11 is 0. The van der Waals surface area contributed by atoms with Gasteiger partial charge in [0.05, 0.1) is 11.1 Å². The third kappa shape index (κ3) is 3.95. The average molecular weight is 272 g/mol. The van der Waals surface area contributed by atoms with Gasteiger partial charge in [-0.05, 0) is 36.4 Å². The molecule has 0 atom stereocenters. The minimum Gasteiger partial charge on any atom is -0.478 e. The summed E-state index contributed by atoms with van der Waals surface area (Å²) in [7, 11) is 0. The molecule has 0 spiro atoms. The summed E-state index contributed by atoms with van der Waals surface area (Å²) in [5.41, 5.74) is 0.592. The van der Waals surface area contributed by atoms with E-state index >= 15 is 0 Å². The van der Waals surface area contributed by atoms with Crippen LogP contribution in [-0.4, -0.2) is 34.4 Å². The Kier molecular flexibility index (Phi) is 5.31. The first-order valence-corrected chi connectivity index (χ1v) is 5.27. The summed E-state index contributed by atoms with van der Waals surface area (Å²) in [6.45, 7) is 0. The van der Waals surface area contributed by atoms with Crippen molar-refractivity contribution in [3.63, 3.8) is 0 Å². The zero-order chi connectivity index (χ0) is 13.0. The highest BCUT2D eigenvalue weighted by Gasteiger charge is 2.08. The molecule has 0 unspecified atom stereocenters. The summed E-state index contributed by atoms with van der Waals surface area (Å²) in [5, 5.41) is 8.73. The van der Waals surface area contributed by atoms with E-state index in [0.29, 0.717) is 11.3 Å². The number of carbonyl (C=O) groups is 2. The van der Waals surface area contributed by atoms with Gasteiger partial charge in [0.2, 0.25) is 0 Å². The Hall–Kier alpha value is -2.09. The first-order chi connectivity index (χ1) is 8.66. The van der Waals surface area contributed by atoms with Gasteiger partial charge in [-0.3, -0.25) is 0 Å². The highest BCUT2D eigenvalue weighted by atomic mass is 27.0. The van der Waals surface area contributed by atoms with Crippen LogP contribution in [0.5, 0.6) is 5.75 Å². The van der Waals surface area contributed by atoms with E-state index in [2.05, 4.69) is 0 Å². The number of benzene rings is 2. The molecule has 0 amide bonds. The molecule has 0 aromatic heterocycles. The highest BCUT2D eigenvalue weighted by Crippen LogP contribution is 2.14. The summed E-state index contributed by atoms with van der Waals surface area (Å²) in [4.78, 5) is 22.3. The monoisotopic (exact) mass is 272 g/mol. The Morgan fingerprint density at radius 1 is 0.842 bits per heavy atom. The fourth-order valence-electron chi connectivity index (χ4n) is 1.41. The fourth-order valence-corrected chi connectivity index (χ4v) is 1.41. The van der Waals surface area contributed by atoms with E-state index in [4.69, 9.17) is 9.84 Å². The molecule has 1 N–H and O–H groups in total. The molecule has 0 saturated heterocycles. The molecule has 2 aromatic rings. The molecular formula is C14H13AlO4. The second kappa shape index (κ2) is 6.74. The molecule has 0 fully saturated rings. The van der Waals surface area contributed by atoms with Crippen LogP contribution in [0.4, 0.5) is 0 Å². The van der Waals surface area contributed by atoms with Crippen LogP contribution in [0.2, 0.25) is 0 Å². The van der Waals surface area contributed by atoms with Gasteiger partial charge in [-0.2, -0.15) is 0 Å². The van der Waals surface area contributed by atoms with Crippen LogP contribution in [-0.2, 0) is 0 Å². The molecule has 4 nitrogen and oxygen atoms in total. The second-order valence-corrected chi connectivity index (χ2v) is 3.59. The van der Waals surface area contributed by atoms with E-state index in [1.54, 1.807) is 30.3 Å². The lowest BCUT2D eigenvalue weighted by atomic mass is 10.2. The second-order valence-electron chi connectivity index (χ2n) is 3.59. The van der Waals surface area contributed by atoms with Gasteiger partial charge in [0.15, 0.2) is 17.4 Å². The lowest BCUT2D eigenvalue weighted by Crippen LogP contribution is -2.08. The number of hydrogen-bond donors (Lipinski definition) is 1. The standard InChI is InChI=1S/C14H10O4.Al.3H/c15-13(16)10-6-8-12(9-7-10)18-14(17)11-4-2-1-3-5-11;;;;/h1-9H,(H,15,16);;;;. The van der Waals surface area contributed by atoms with Gasteiger partial charge in [0.25, 0.3) is 0 Å². The molecule has 5 heteroatoms. The third-order valence-corrected chi connectivity index (χ3v) is 2.32.